The molecular weight excluding hydrogens is 260 g/mol. The van der Waals surface area contributed by atoms with Crippen LogP contribution in [0.5, 0.6) is 0 Å². The van der Waals surface area contributed by atoms with Crippen molar-refractivity contribution in [3.05, 3.63) is 17.3 Å². The molecule has 0 aromatic carbocycles. The van der Waals surface area contributed by atoms with E-state index in [1.165, 1.54) is 0 Å². The second-order valence-corrected chi connectivity index (χ2v) is 4.70. The van der Waals surface area contributed by atoms with Gasteiger partial charge in [-0.25, -0.2) is 4.79 Å². The van der Waals surface area contributed by atoms with Crippen molar-refractivity contribution in [1.29, 1.82) is 0 Å². The van der Waals surface area contributed by atoms with Crippen LogP contribution in [0.2, 0.25) is 0 Å². The molecule has 7 nitrogen and oxygen atoms in total. The van der Waals surface area contributed by atoms with E-state index in [2.05, 4.69) is 15.3 Å². The number of carboxylic acids is 1. The van der Waals surface area contributed by atoms with Crippen LogP contribution >= 0.6 is 0 Å². The zero-order valence-electron chi connectivity index (χ0n) is 11.6. The summed E-state index contributed by atoms with van der Waals surface area (Å²) in [4.78, 5) is 24.1. The zero-order chi connectivity index (χ0) is 14.7. The molecular formula is C13H18N4O3. The normalized spacial score (nSPS) is 16.3. The lowest BCUT2D eigenvalue weighted by molar-refractivity contribution is -0.131. The van der Waals surface area contributed by atoms with Crippen molar-refractivity contribution in [2.45, 2.75) is 13.3 Å². The van der Waals surface area contributed by atoms with Crippen LogP contribution in [-0.2, 0) is 16.6 Å². The highest BCUT2D eigenvalue weighted by Crippen LogP contribution is 2.25. The average Bonchev–Trinajstić information content (AvgIpc) is 2.53. The molecule has 1 amide bonds. The summed E-state index contributed by atoms with van der Waals surface area (Å²) in [6.07, 6.45) is 3.08. The molecule has 1 aromatic heterocycles. The Balaban J connectivity index is 2.34. The number of aryl methyl sites for hydroxylation is 2. The minimum Gasteiger partial charge on any atom is -0.478 e. The van der Waals surface area contributed by atoms with Gasteiger partial charge in [0.2, 0.25) is 5.91 Å². The Morgan fingerprint density at radius 3 is 2.90 bits per heavy atom. The van der Waals surface area contributed by atoms with Gasteiger partial charge >= 0.3 is 5.97 Å². The molecule has 7 heteroatoms. The van der Waals surface area contributed by atoms with E-state index in [4.69, 9.17) is 5.11 Å². The van der Waals surface area contributed by atoms with Gasteiger partial charge in [0.25, 0.3) is 0 Å². The largest absolute Gasteiger partial charge is 0.478 e. The van der Waals surface area contributed by atoms with Gasteiger partial charge in [0, 0.05) is 44.7 Å². The Hall–Kier alpha value is -2.31. The molecule has 0 bridgehead atoms. The van der Waals surface area contributed by atoms with Crippen molar-refractivity contribution in [1.82, 2.24) is 15.1 Å². The second kappa shape index (κ2) is 5.77. The van der Waals surface area contributed by atoms with E-state index in [0.717, 1.165) is 23.2 Å². The summed E-state index contributed by atoms with van der Waals surface area (Å²) in [5.74, 6) is -0.113. The van der Waals surface area contributed by atoms with Gasteiger partial charge in [-0.1, -0.05) is 0 Å². The molecule has 1 fully saturated rings. The number of hydrogen-bond acceptors (Lipinski definition) is 4. The molecule has 0 radical (unpaired) electrons. The molecule has 2 N–H and O–H groups in total. The predicted molar refractivity (Wildman–Crippen MR) is 74.5 cm³/mol. The van der Waals surface area contributed by atoms with Crippen molar-refractivity contribution in [3.63, 3.8) is 0 Å². The van der Waals surface area contributed by atoms with E-state index in [0.29, 0.717) is 26.1 Å². The Morgan fingerprint density at radius 1 is 1.45 bits per heavy atom. The Labute approximate surface area is 116 Å². The monoisotopic (exact) mass is 278 g/mol. The van der Waals surface area contributed by atoms with E-state index in [1.54, 1.807) is 10.8 Å². The quantitative estimate of drug-likeness (QED) is 0.769. The summed E-state index contributed by atoms with van der Waals surface area (Å²) < 4.78 is 1.73. The Kier molecular flexibility index (Phi) is 4.07. The lowest BCUT2D eigenvalue weighted by atomic mass is 10.2. The first kappa shape index (κ1) is 14.1. The van der Waals surface area contributed by atoms with Crippen LogP contribution in [0.1, 0.15) is 17.7 Å². The fourth-order valence-electron chi connectivity index (χ4n) is 2.37. The molecule has 2 heterocycles. The van der Waals surface area contributed by atoms with Crippen molar-refractivity contribution in [2.75, 3.05) is 24.5 Å². The van der Waals surface area contributed by atoms with Crippen LogP contribution in [0.15, 0.2) is 6.08 Å². The third-order valence-electron chi connectivity index (χ3n) is 3.24. The molecule has 2 rings (SSSR count). The molecule has 1 aliphatic rings. The highest BCUT2D eigenvalue weighted by molar-refractivity contribution is 5.87. The number of carboxylic acid groups (broad SMARTS) is 1. The number of anilines is 1. The topological polar surface area (TPSA) is 87.5 Å². The Bertz CT molecular complexity index is 562. The van der Waals surface area contributed by atoms with Gasteiger partial charge in [-0.15, -0.1) is 0 Å². The molecule has 0 aliphatic carbocycles. The number of rotatable bonds is 3. The van der Waals surface area contributed by atoms with Gasteiger partial charge in [-0.3, -0.25) is 9.48 Å². The van der Waals surface area contributed by atoms with E-state index in [-0.39, 0.29) is 5.91 Å². The van der Waals surface area contributed by atoms with E-state index < -0.39 is 5.97 Å². The van der Waals surface area contributed by atoms with Crippen LogP contribution < -0.4 is 10.2 Å². The number of carbonyl (C=O) groups is 2. The van der Waals surface area contributed by atoms with Gasteiger partial charge in [0.15, 0.2) is 0 Å². The number of hydrogen-bond donors (Lipinski definition) is 2. The summed E-state index contributed by atoms with van der Waals surface area (Å²) in [5.41, 5.74) is 1.55. The summed E-state index contributed by atoms with van der Waals surface area (Å²) in [6, 6.07) is 0. The van der Waals surface area contributed by atoms with Gasteiger partial charge < -0.3 is 15.3 Å². The molecule has 108 valence electrons. The third kappa shape index (κ3) is 2.98. The summed E-state index contributed by atoms with van der Waals surface area (Å²) in [7, 11) is 1.82. The minimum atomic E-state index is -0.994. The average molecular weight is 278 g/mol. The molecule has 0 spiro atoms. The first-order valence-corrected chi connectivity index (χ1v) is 6.45. The molecule has 0 unspecified atom stereocenters. The van der Waals surface area contributed by atoms with Crippen LogP contribution in [0.25, 0.3) is 6.08 Å². The van der Waals surface area contributed by atoms with Crippen LogP contribution in [-0.4, -0.2) is 46.4 Å². The first-order chi connectivity index (χ1) is 9.49. The fraction of sp³-hybridized carbons (Fsp3) is 0.462. The van der Waals surface area contributed by atoms with Crippen LogP contribution in [0.4, 0.5) is 5.82 Å². The first-order valence-electron chi connectivity index (χ1n) is 6.45. The SMILES string of the molecule is Cc1nn(C)c(N2CCNC(=O)CC2)c1C=CC(=O)O. The van der Waals surface area contributed by atoms with Gasteiger partial charge in [-0.05, 0) is 13.0 Å². The maximum atomic E-state index is 11.4. The highest BCUT2D eigenvalue weighted by Gasteiger charge is 2.20. The van der Waals surface area contributed by atoms with Crippen LogP contribution in [0.3, 0.4) is 0 Å². The van der Waals surface area contributed by atoms with Crippen molar-refractivity contribution in [2.24, 2.45) is 7.05 Å². The number of aromatic nitrogens is 2. The maximum Gasteiger partial charge on any atom is 0.328 e. The van der Waals surface area contributed by atoms with E-state index in [9.17, 15) is 9.59 Å². The number of carbonyl (C=O) groups excluding carboxylic acids is 1. The fourth-order valence-corrected chi connectivity index (χ4v) is 2.37. The number of nitrogens with zero attached hydrogens (tertiary/aromatic N) is 3. The van der Waals surface area contributed by atoms with Gasteiger partial charge in [0.05, 0.1) is 5.69 Å². The molecule has 0 saturated carbocycles. The number of aliphatic carboxylic acids is 1. The van der Waals surface area contributed by atoms with Crippen molar-refractivity contribution >= 4 is 23.8 Å². The molecule has 0 atom stereocenters. The number of amides is 1. The second-order valence-electron chi connectivity index (χ2n) is 4.70. The predicted octanol–water partition coefficient (Wildman–Crippen LogP) is 0.153. The van der Waals surface area contributed by atoms with Crippen molar-refractivity contribution in [3.8, 4) is 0 Å². The smallest absolute Gasteiger partial charge is 0.328 e. The Morgan fingerprint density at radius 2 is 2.20 bits per heavy atom. The third-order valence-corrected chi connectivity index (χ3v) is 3.24. The minimum absolute atomic E-state index is 0.0361. The van der Waals surface area contributed by atoms with Gasteiger partial charge in [0.1, 0.15) is 5.82 Å². The lowest BCUT2D eigenvalue weighted by Gasteiger charge is -2.22. The molecule has 1 aromatic rings. The molecule has 20 heavy (non-hydrogen) atoms. The van der Waals surface area contributed by atoms with Crippen molar-refractivity contribution < 1.29 is 14.7 Å². The zero-order valence-corrected chi connectivity index (χ0v) is 11.6. The van der Waals surface area contributed by atoms with Gasteiger partial charge in [-0.2, -0.15) is 5.10 Å². The summed E-state index contributed by atoms with van der Waals surface area (Å²) in [5, 5.41) is 15.9. The highest BCUT2D eigenvalue weighted by atomic mass is 16.4. The summed E-state index contributed by atoms with van der Waals surface area (Å²) in [6.45, 7) is 3.69. The maximum absolute atomic E-state index is 11.4. The van der Waals surface area contributed by atoms with E-state index in [1.807, 2.05) is 14.0 Å². The van der Waals surface area contributed by atoms with E-state index >= 15 is 0 Å². The molecule has 1 aliphatic heterocycles. The van der Waals surface area contributed by atoms with Crippen LogP contribution in [0, 0.1) is 6.92 Å². The standard InChI is InChI=1S/C13H18N4O3/c1-9-10(3-4-12(19)20)13(16(2)15-9)17-7-5-11(18)14-6-8-17/h3-4H,5-8H2,1-2H3,(H,14,18)(H,19,20). The number of nitrogens with one attached hydrogen (secondary N) is 1. The lowest BCUT2D eigenvalue weighted by Crippen LogP contribution is -2.30. The summed E-state index contributed by atoms with van der Waals surface area (Å²) >= 11 is 0. The molecule has 1 saturated heterocycles.